The number of ether oxygens (including phenoxy) is 3. The Hall–Kier alpha value is -1.45. The van der Waals surface area contributed by atoms with Crippen LogP contribution in [-0.4, -0.2) is 65.9 Å². The Morgan fingerprint density at radius 1 is 1.31 bits per heavy atom. The summed E-state index contributed by atoms with van der Waals surface area (Å²) < 4.78 is 43.5. The first-order valence-electron chi connectivity index (χ1n) is 8.61. The minimum Gasteiger partial charge on any atom is -0.455 e. The highest BCUT2D eigenvalue weighted by Gasteiger charge is 2.71. The summed E-state index contributed by atoms with van der Waals surface area (Å²) in [5.41, 5.74) is -0.488. The van der Waals surface area contributed by atoms with E-state index in [4.69, 9.17) is 14.2 Å². The van der Waals surface area contributed by atoms with Gasteiger partial charge < -0.3 is 14.2 Å². The second kappa shape index (κ2) is 6.03. The molecule has 6 atom stereocenters. The number of rotatable bonds is 4. The fourth-order valence-corrected chi connectivity index (χ4v) is 6.65. The number of esters is 2. The Morgan fingerprint density at radius 2 is 1.92 bits per heavy atom. The SMILES string of the molecule is C=C(C)C(=O)OC(C)C(=O)OC1C2CC3C(O2)C1N(C(C)(C)C)S3(=O)=O. The monoisotopic (exact) mass is 387 g/mol. The number of carbonyl (C=O) groups excluding carboxylic acids is 2. The highest BCUT2D eigenvalue weighted by Crippen LogP contribution is 2.51. The van der Waals surface area contributed by atoms with Crippen LogP contribution in [0.25, 0.3) is 0 Å². The molecular weight excluding hydrogens is 362 g/mol. The van der Waals surface area contributed by atoms with Crippen LogP contribution in [0.15, 0.2) is 12.2 Å². The molecule has 0 radical (unpaired) electrons. The van der Waals surface area contributed by atoms with Gasteiger partial charge in [0.25, 0.3) is 0 Å². The molecule has 0 amide bonds. The van der Waals surface area contributed by atoms with E-state index in [0.717, 1.165) is 0 Å². The summed E-state index contributed by atoms with van der Waals surface area (Å²) in [6.07, 6.45) is -2.50. The Kier molecular flexibility index (Phi) is 4.48. The fraction of sp³-hybridized carbons (Fsp3) is 0.765. The normalized spacial score (nSPS) is 36.0. The molecule has 0 N–H and O–H groups in total. The molecule has 3 aliphatic rings. The van der Waals surface area contributed by atoms with Crippen molar-refractivity contribution in [3.8, 4) is 0 Å². The third-order valence-corrected chi connectivity index (χ3v) is 7.57. The Morgan fingerprint density at radius 3 is 2.46 bits per heavy atom. The molecule has 9 heteroatoms. The van der Waals surface area contributed by atoms with E-state index in [9.17, 15) is 18.0 Å². The smallest absolute Gasteiger partial charge is 0.347 e. The molecule has 0 aliphatic carbocycles. The molecule has 2 bridgehead atoms. The molecule has 3 rings (SSSR count). The van der Waals surface area contributed by atoms with Crippen LogP contribution in [0, 0.1) is 0 Å². The molecule has 3 fully saturated rings. The summed E-state index contributed by atoms with van der Waals surface area (Å²) in [6.45, 7) is 11.8. The van der Waals surface area contributed by atoms with E-state index < -0.39 is 63.2 Å². The van der Waals surface area contributed by atoms with E-state index in [1.54, 1.807) is 20.8 Å². The van der Waals surface area contributed by atoms with Crippen LogP contribution < -0.4 is 0 Å². The van der Waals surface area contributed by atoms with Crippen molar-refractivity contribution in [1.29, 1.82) is 0 Å². The molecule has 0 aromatic rings. The zero-order valence-electron chi connectivity index (χ0n) is 15.6. The minimum atomic E-state index is -3.53. The number of fused-ring (bicyclic) bond motifs is 1. The van der Waals surface area contributed by atoms with Crippen LogP contribution in [0.1, 0.15) is 41.0 Å². The first-order chi connectivity index (χ1) is 11.9. The van der Waals surface area contributed by atoms with Crippen molar-refractivity contribution >= 4 is 22.0 Å². The maximum Gasteiger partial charge on any atom is 0.347 e. The highest BCUT2D eigenvalue weighted by molar-refractivity contribution is 7.90. The van der Waals surface area contributed by atoms with Crippen LogP contribution in [-0.2, 0) is 33.8 Å². The molecule has 6 unspecified atom stereocenters. The summed E-state index contributed by atoms with van der Waals surface area (Å²) in [7, 11) is -3.53. The number of sulfonamides is 1. The predicted molar refractivity (Wildman–Crippen MR) is 91.6 cm³/mol. The van der Waals surface area contributed by atoms with E-state index >= 15 is 0 Å². The van der Waals surface area contributed by atoms with Gasteiger partial charge in [-0.1, -0.05) is 6.58 Å². The van der Waals surface area contributed by atoms with Gasteiger partial charge in [0.05, 0.1) is 18.2 Å². The Balaban J connectivity index is 1.79. The third kappa shape index (κ3) is 2.86. The quantitative estimate of drug-likeness (QED) is 0.519. The maximum absolute atomic E-state index is 12.9. The largest absolute Gasteiger partial charge is 0.455 e. The number of nitrogens with zero attached hydrogens (tertiary/aromatic N) is 1. The van der Waals surface area contributed by atoms with E-state index in [1.165, 1.54) is 18.2 Å². The first-order valence-corrected chi connectivity index (χ1v) is 10.1. The predicted octanol–water partition coefficient (Wildman–Crippen LogP) is 0.758. The van der Waals surface area contributed by atoms with Gasteiger partial charge in [-0.2, -0.15) is 4.31 Å². The van der Waals surface area contributed by atoms with Crippen molar-refractivity contribution in [1.82, 2.24) is 4.31 Å². The lowest BCUT2D eigenvalue weighted by Gasteiger charge is -2.36. The molecule has 0 saturated carbocycles. The van der Waals surface area contributed by atoms with Gasteiger partial charge in [0.2, 0.25) is 10.0 Å². The molecule has 0 aromatic heterocycles. The molecule has 26 heavy (non-hydrogen) atoms. The second-order valence-corrected chi connectivity index (χ2v) is 10.2. The van der Waals surface area contributed by atoms with Gasteiger partial charge in [0.1, 0.15) is 11.4 Å². The van der Waals surface area contributed by atoms with E-state index in [0.29, 0.717) is 6.42 Å². The van der Waals surface area contributed by atoms with Gasteiger partial charge in [-0.25, -0.2) is 18.0 Å². The molecule has 0 aromatic carbocycles. The topological polar surface area (TPSA) is 99.2 Å². The van der Waals surface area contributed by atoms with Gasteiger partial charge in [0.15, 0.2) is 6.10 Å². The lowest BCUT2D eigenvalue weighted by atomic mass is 9.90. The van der Waals surface area contributed by atoms with E-state index in [1.807, 2.05) is 0 Å². The van der Waals surface area contributed by atoms with E-state index in [-0.39, 0.29) is 5.57 Å². The van der Waals surface area contributed by atoms with Crippen molar-refractivity contribution in [2.24, 2.45) is 0 Å². The molecule has 3 heterocycles. The molecule has 3 aliphatic heterocycles. The van der Waals surface area contributed by atoms with Crippen LogP contribution >= 0.6 is 0 Å². The summed E-state index contributed by atoms with van der Waals surface area (Å²) in [5, 5.41) is -0.592. The van der Waals surface area contributed by atoms with Gasteiger partial charge in [-0.15, -0.1) is 0 Å². The summed E-state index contributed by atoms with van der Waals surface area (Å²) >= 11 is 0. The Labute approximate surface area is 153 Å². The number of carbonyl (C=O) groups is 2. The summed E-state index contributed by atoms with van der Waals surface area (Å²) in [6, 6.07) is -0.559. The minimum absolute atomic E-state index is 0.177. The number of hydrogen-bond acceptors (Lipinski definition) is 7. The average molecular weight is 387 g/mol. The lowest BCUT2D eigenvalue weighted by molar-refractivity contribution is -0.171. The third-order valence-electron chi connectivity index (χ3n) is 5.01. The van der Waals surface area contributed by atoms with Gasteiger partial charge in [0, 0.05) is 11.1 Å². The molecule has 3 saturated heterocycles. The summed E-state index contributed by atoms with van der Waals surface area (Å²) in [5.74, 6) is -1.41. The molecule has 0 spiro atoms. The van der Waals surface area contributed by atoms with E-state index in [2.05, 4.69) is 6.58 Å². The van der Waals surface area contributed by atoms with Crippen LogP contribution in [0.4, 0.5) is 0 Å². The maximum atomic E-state index is 12.9. The molecular formula is C17H25NO7S. The van der Waals surface area contributed by atoms with Crippen LogP contribution in [0.2, 0.25) is 0 Å². The van der Waals surface area contributed by atoms with Crippen molar-refractivity contribution < 1.29 is 32.2 Å². The van der Waals surface area contributed by atoms with Crippen LogP contribution in [0.3, 0.4) is 0 Å². The Bertz CT molecular complexity index is 754. The molecule has 146 valence electrons. The van der Waals surface area contributed by atoms with Gasteiger partial charge in [-0.3, -0.25) is 0 Å². The van der Waals surface area contributed by atoms with Gasteiger partial charge in [-0.05, 0) is 41.0 Å². The lowest BCUT2D eigenvalue weighted by Crippen LogP contribution is -2.54. The van der Waals surface area contributed by atoms with Crippen molar-refractivity contribution in [3.63, 3.8) is 0 Å². The first kappa shape index (κ1) is 19.3. The number of hydrogen-bond donors (Lipinski definition) is 0. The molecule has 8 nitrogen and oxygen atoms in total. The van der Waals surface area contributed by atoms with Crippen molar-refractivity contribution in [2.75, 3.05) is 0 Å². The van der Waals surface area contributed by atoms with Crippen LogP contribution in [0.5, 0.6) is 0 Å². The van der Waals surface area contributed by atoms with Crippen molar-refractivity contribution in [2.45, 2.75) is 82.3 Å². The standard InChI is InChI=1S/C17H25NO7S/c1-8(2)15(19)23-9(3)16(20)25-13-10-7-11-14(24-10)12(13)18(17(4,5)6)26(11,21)22/h9-14H,1,7H2,2-6H3. The average Bonchev–Trinajstić information content (AvgIpc) is 3.09. The zero-order valence-corrected chi connectivity index (χ0v) is 16.4. The fourth-order valence-electron chi connectivity index (χ4n) is 4.01. The van der Waals surface area contributed by atoms with Crippen molar-refractivity contribution in [3.05, 3.63) is 12.2 Å². The summed E-state index contributed by atoms with van der Waals surface area (Å²) in [4.78, 5) is 24.0. The second-order valence-electron chi connectivity index (χ2n) is 8.14. The highest BCUT2D eigenvalue weighted by atomic mass is 32.2. The van der Waals surface area contributed by atoms with Gasteiger partial charge >= 0.3 is 11.9 Å². The zero-order chi connectivity index (χ0) is 19.6.